The number of aromatic nitrogens is 2. The molecule has 0 saturated heterocycles. The van der Waals surface area contributed by atoms with E-state index in [-0.39, 0.29) is 0 Å². The molecule has 0 aliphatic heterocycles. The predicted molar refractivity (Wildman–Crippen MR) is 66.1 cm³/mol. The second-order valence-electron chi connectivity index (χ2n) is 2.97. The van der Waals surface area contributed by atoms with E-state index in [4.69, 9.17) is 9.47 Å². The largest absolute Gasteiger partial charge is 0.497 e. The Kier molecular flexibility index (Phi) is 3.40. The van der Waals surface area contributed by atoms with Gasteiger partial charge in [0.1, 0.15) is 11.5 Å². The summed E-state index contributed by atoms with van der Waals surface area (Å²) in [6.07, 6.45) is 0. The summed E-state index contributed by atoms with van der Waals surface area (Å²) in [5.41, 5.74) is 0.873. The summed E-state index contributed by atoms with van der Waals surface area (Å²) in [4.78, 5) is 4.24. The first-order valence-corrected chi connectivity index (χ1v) is 6.02. The summed E-state index contributed by atoms with van der Waals surface area (Å²) in [6.45, 7) is 0. The van der Waals surface area contributed by atoms with Crippen LogP contribution < -0.4 is 9.47 Å². The van der Waals surface area contributed by atoms with Crippen LogP contribution in [0, 0.1) is 0 Å². The highest BCUT2D eigenvalue weighted by Gasteiger charge is 2.08. The highest BCUT2D eigenvalue weighted by molar-refractivity contribution is 9.11. The number of benzene rings is 1. The van der Waals surface area contributed by atoms with Crippen LogP contribution in [0.25, 0.3) is 11.4 Å². The SMILES string of the molecule is COc1cc(OC)cc(-c2nsc(Br)n2)c1. The number of rotatable bonds is 3. The zero-order valence-corrected chi connectivity index (χ0v) is 11.1. The number of hydrogen-bond donors (Lipinski definition) is 0. The molecule has 0 saturated carbocycles. The van der Waals surface area contributed by atoms with Crippen LogP contribution in [0.5, 0.6) is 11.5 Å². The Morgan fingerprint density at radius 2 is 1.75 bits per heavy atom. The van der Waals surface area contributed by atoms with E-state index in [1.165, 1.54) is 11.5 Å². The standard InChI is InChI=1S/C10H9BrN2O2S/c1-14-7-3-6(4-8(5-7)15-2)9-12-10(11)16-13-9/h3-5H,1-2H3. The Bertz CT molecular complexity index is 479. The normalized spacial score (nSPS) is 10.2. The van der Waals surface area contributed by atoms with Crippen molar-refractivity contribution in [3.05, 3.63) is 22.1 Å². The molecular weight excluding hydrogens is 292 g/mol. The Morgan fingerprint density at radius 3 is 2.19 bits per heavy atom. The Balaban J connectivity index is 2.47. The van der Waals surface area contributed by atoms with Crippen molar-refractivity contribution in [3.63, 3.8) is 0 Å². The maximum absolute atomic E-state index is 5.18. The monoisotopic (exact) mass is 300 g/mol. The molecule has 0 bridgehead atoms. The predicted octanol–water partition coefficient (Wildman–Crippen LogP) is 2.98. The average molecular weight is 301 g/mol. The van der Waals surface area contributed by atoms with E-state index in [1.54, 1.807) is 14.2 Å². The van der Waals surface area contributed by atoms with Gasteiger partial charge >= 0.3 is 0 Å². The highest BCUT2D eigenvalue weighted by Crippen LogP contribution is 2.29. The van der Waals surface area contributed by atoms with E-state index >= 15 is 0 Å². The lowest BCUT2D eigenvalue weighted by Crippen LogP contribution is -1.89. The molecule has 0 radical (unpaired) electrons. The van der Waals surface area contributed by atoms with Crippen molar-refractivity contribution in [3.8, 4) is 22.9 Å². The van der Waals surface area contributed by atoms with Crippen molar-refractivity contribution in [2.24, 2.45) is 0 Å². The lowest BCUT2D eigenvalue weighted by atomic mass is 10.2. The fourth-order valence-electron chi connectivity index (χ4n) is 1.26. The van der Waals surface area contributed by atoms with Gasteiger partial charge in [-0.05, 0) is 39.6 Å². The van der Waals surface area contributed by atoms with E-state index in [9.17, 15) is 0 Å². The van der Waals surface area contributed by atoms with Crippen molar-refractivity contribution in [1.82, 2.24) is 9.36 Å². The fraction of sp³-hybridized carbons (Fsp3) is 0.200. The minimum atomic E-state index is 0.661. The molecule has 16 heavy (non-hydrogen) atoms. The molecule has 6 heteroatoms. The van der Waals surface area contributed by atoms with Crippen molar-refractivity contribution in [2.45, 2.75) is 0 Å². The minimum absolute atomic E-state index is 0.661. The second kappa shape index (κ2) is 4.80. The third-order valence-corrected chi connectivity index (χ3v) is 3.13. The van der Waals surface area contributed by atoms with Gasteiger partial charge in [-0.1, -0.05) is 0 Å². The number of nitrogens with zero attached hydrogens (tertiary/aromatic N) is 2. The van der Waals surface area contributed by atoms with Crippen LogP contribution in [0.1, 0.15) is 0 Å². The Labute approximate surface area is 106 Å². The molecule has 0 amide bonds. The smallest absolute Gasteiger partial charge is 0.179 e. The first-order valence-electron chi connectivity index (χ1n) is 4.45. The summed E-state index contributed by atoms with van der Waals surface area (Å²) < 4.78 is 15.3. The van der Waals surface area contributed by atoms with Crippen molar-refractivity contribution >= 4 is 27.5 Å². The molecule has 4 nitrogen and oxygen atoms in total. The maximum Gasteiger partial charge on any atom is 0.179 e. The van der Waals surface area contributed by atoms with Crippen LogP contribution in [0.2, 0.25) is 0 Å². The first kappa shape index (κ1) is 11.3. The van der Waals surface area contributed by atoms with Gasteiger partial charge in [0.25, 0.3) is 0 Å². The average Bonchev–Trinajstić information content (AvgIpc) is 2.75. The molecule has 2 aromatic rings. The quantitative estimate of drug-likeness (QED) is 0.874. The van der Waals surface area contributed by atoms with Crippen molar-refractivity contribution < 1.29 is 9.47 Å². The molecule has 0 unspecified atom stereocenters. The molecule has 84 valence electrons. The third kappa shape index (κ3) is 2.33. The van der Waals surface area contributed by atoms with Crippen molar-refractivity contribution in [2.75, 3.05) is 14.2 Å². The van der Waals surface area contributed by atoms with Gasteiger partial charge in [0.15, 0.2) is 9.74 Å². The van der Waals surface area contributed by atoms with E-state index in [2.05, 4.69) is 25.3 Å². The molecule has 2 rings (SSSR count). The van der Waals surface area contributed by atoms with Crippen LogP contribution in [0.3, 0.4) is 0 Å². The highest BCUT2D eigenvalue weighted by atomic mass is 79.9. The zero-order valence-electron chi connectivity index (χ0n) is 8.73. The van der Waals surface area contributed by atoms with Crippen molar-refractivity contribution in [1.29, 1.82) is 0 Å². The molecular formula is C10H9BrN2O2S. The van der Waals surface area contributed by atoms with Gasteiger partial charge in [-0.25, -0.2) is 4.98 Å². The van der Waals surface area contributed by atoms with Crippen LogP contribution in [0.4, 0.5) is 0 Å². The summed E-state index contributed by atoms with van der Waals surface area (Å²) >= 11 is 4.58. The Hall–Kier alpha value is -1.14. The number of halogens is 1. The molecule has 0 atom stereocenters. The Morgan fingerprint density at radius 1 is 1.12 bits per heavy atom. The number of methoxy groups -OCH3 is 2. The van der Waals surface area contributed by atoms with E-state index < -0.39 is 0 Å². The molecule has 0 aliphatic rings. The maximum atomic E-state index is 5.18. The molecule has 0 aliphatic carbocycles. The van der Waals surface area contributed by atoms with E-state index in [0.717, 1.165) is 21.0 Å². The first-order chi connectivity index (χ1) is 7.72. The lowest BCUT2D eigenvalue weighted by molar-refractivity contribution is 0.394. The van der Waals surface area contributed by atoms with Gasteiger partial charge in [0.2, 0.25) is 0 Å². The third-order valence-electron chi connectivity index (χ3n) is 2.01. The summed E-state index contributed by atoms with van der Waals surface area (Å²) in [6, 6.07) is 5.55. The van der Waals surface area contributed by atoms with Crippen LogP contribution in [-0.2, 0) is 0 Å². The van der Waals surface area contributed by atoms with Gasteiger partial charge in [-0.3, -0.25) is 0 Å². The van der Waals surface area contributed by atoms with Gasteiger partial charge in [-0.2, -0.15) is 4.37 Å². The fourth-order valence-corrected chi connectivity index (χ4v) is 2.08. The number of ether oxygens (including phenoxy) is 2. The topological polar surface area (TPSA) is 44.2 Å². The molecule has 1 aromatic carbocycles. The second-order valence-corrected chi connectivity index (χ2v) is 5.00. The summed E-state index contributed by atoms with van der Waals surface area (Å²) in [5, 5.41) is 0. The lowest BCUT2D eigenvalue weighted by Gasteiger charge is -2.05. The van der Waals surface area contributed by atoms with Gasteiger partial charge in [0, 0.05) is 11.6 Å². The summed E-state index contributed by atoms with van der Waals surface area (Å²) in [5.74, 6) is 2.11. The molecule has 1 heterocycles. The van der Waals surface area contributed by atoms with Crippen LogP contribution in [0.15, 0.2) is 22.1 Å². The molecule has 1 aromatic heterocycles. The zero-order chi connectivity index (χ0) is 11.5. The van der Waals surface area contributed by atoms with Gasteiger partial charge in [-0.15, -0.1) is 0 Å². The molecule has 0 fully saturated rings. The molecule has 0 spiro atoms. The van der Waals surface area contributed by atoms with Gasteiger partial charge in [0.05, 0.1) is 14.2 Å². The van der Waals surface area contributed by atoms with Gasteiger partial charge < -0.3 is 9.47 Å². The van der Waals surface area contributed by atoms with Crippen LogP contribution in [-0.4, -0.2) is 23.6 Å². The van der Waals surface area contributed by atoms with E-state index in [1.807, 2.05) is 18.2 Å². The number of hydrogen-bond acceptors (Lipinski definition) is 5. The van der Waals surface area contributed by atoms with Crippen LogP contribution >= 0.6 is 27.5 Å². The summed E-state index contributed by atoms with van der Waals surface area (Å²) in [7, 11) is 3.23. The molecule has 0 N–H and O–H groups in total. The minimum Gasteiger partial charge on any atom is -0.497 e. The van der Waals surface area contributed by atoms with E-state index in [0.29, 0.717) is 5.82 Å².